The van der Waals surface area contributed by atoms with Gasteiger partial charge < -0.3 is 15.2 Å². The Bertz CT molecular complexity index is 196. The summed E-state index contributed by atoms with van der Waals surface area (Å²) in [7, 11) is 1.66. The molecular weight excluding hydrogens is 180 g/mol. The normalized spacial score (nSPS) is 11.3. The molecule has 0 aliphatic heterocycles. The lowest BCUT2D eigenvalue weighted by molar-refractivity contribution is 0.144. The SMILES string of the molecule is COCCC(CO)CCNC#CC=N. The van der Waals surface area contributed by atoms with Crippen molar-refractivity contribution in [3.05, 3.63) is 0 Å². The largest absolute Gasteiger partial charge is 0.396 e. The Kier molecular flexibility index (Phi) is 9.28. The highest BCUT2D eigenvalue weighted by molar-refractivity contribution is 5.74. The Hall–Kier alpha value is -1.05. The zero-order valence-electron chi connectivity index (χ0n) is 8.55. The highest BCUT2D eigenvalue weighted by Gasteiger charge is 2.05. The second-order valence-electron chi connectivity index (χ2n) is 2.96. The summed E-state index contributed by atoms with van der Waals surface area (Å²) < 4.78 is 4.93. The number of hydrogen-bond acceptors (Lipinski definition) is 4. The Morgan fingerprint density at radius 3 is 2.93 bits per heavy atom. The molecule has 0 radical (unpaired) electrons. The van der Waals surface area contributed by atoms with Gasteiger partial charge in [0.05, 0.1) is 6.21 Å². The van der Waals surface area contributed by atoms with Crippen LogP contribution in [0, 0.1) is 23.3 Å². The van der Waals surface area contributed by atoms with E-state index in [1.165, 1.54) is 0 Å². The van der Waals surface area contributed by atoms with Gasteiger partial charge in [0, 0.05) is 32.9 Å². The number of rotatable bonds is 7. The number of methoxy groups -OCH3 is 1. The van der Waals surface area contributed by atoms with E-state index in [1.807, 2.05) is 0 Å². The molecule has 0 rings (SSSR count). The van der Waals surface area contributed by atoms with Gasteiger partial charge in [0.25, 0.3) is 0 Å². The molecule has 3 N–H and O–H groups in total. The second kappa shape index (κ2) is 10.0. The molecule has 4 nitrogen and oxygen atoms in total. The monoisotopic (exact) mass is 198 g/mol. The molecule has 0 aliphatic carbocycles. The molecule has 14 heavy (non-hydrogen) atoms. The summed E-state index contributed by atoms with van der Waals surface area (Å²) in [5, 5.41) is 18.5. The molecule has 0 aromatic rings. The number of ether oxygens (including phenoxy) is 1. The highest BCUT2D eigenvalue weighted by Crippen LogP contribution is 2.06. The van der Waals surface area contributed by atoms with Gasteiger partial charge in [-0.2, -0.15) is 0 Å². The number of aliphatic hydroxyl groups is 1. The van der Waals surface area contributed by atoms with Crippen LogP contribution in [0.3, 0.4) is 0 Å². The van der Waals surface area contributed by atoms with E-state index in [1.54, 1.807) is 7.11 Å². The smallest absolute Gasteiger partial charge is 0.0695 e. The van der Waals surface area contributed by atoms with Crippen molar-refractivity contribution < 1.29 is 9.84 Å². The second-order valence-corrected chi connectivity index (χ2v) is 2.96. The molecule has 0 saturated heterocycles. The zero-order chi connectivity index (χ0) is 10.6. The zero-order valence-corrected chi connectivity index (χ0v) is 8.55. The van der Waals surface area contributed by atoms with Crippen molar-refractivity contribution in [3.63, 3.8) is 0 Å². The van der Waals surface area contributed by atoms with Crippen LogP contribution in [0.5, 0.6) is 0 Å². The van der Waals surface area contributed by atoms with Gasteiger partial charge in [0.1, 0.15) is 0 Å². The third kappa shape index (κ3) is 7.59. The first-order valence-electron chi connectivity index (χ1n) is 4.67. The third-order valence-corrected chi connectivity index (χ3v) is 1.90. The van der Waals surface area contributed by atoms with Crippen molar-refractivity contribution in [1.82, 2.24) is 5.32 Å². The summed E-state index contributed by atoms with van der Waals surface area (Å²) >= 11 is 0. The minimum atomic E-state index is 0.184. The molecule has 1 atom stereocenters. The van der Waals surface area contributed by atoms with Crippen LogP contribution in [0.2, 0.25) is 0 Å². The van der Waals surface area contributed by atoms with E-state index in [0.717, 1.165) is 25.6 Å². The van der Waals surface area contributed by atoms with Gasteiger partial charge in [0.2, 0.25) is 0 Å². The molecular formula is C10H18N2O2. The fourth-order valence-corrected chi connectivity index (χ4v) is 1.04. The predicted molar refractivity (Wildman–Crippen MR) is 56.2 cm³/mol. The lowest BCUT2D eigenvalue weighted by atomic mass is 10.0. The van der Waals surface area contributed by atoms with E-state index < -0.39 is 0 Å². The summed E-state index contributed by atoms with van der Waals surface area (Å²) in [4.78, 5) is 0. The van der Waals surface area contributed by atoms with Gasteiger partial charge in [-0.1, -0.05) is 0 Å². The van der Waals surface area contributed by atoms with Crippen molar-refractivity contribution in [2.24, 2.45) is 5.92 Å². The molecule has 0 aromatic heterocycles. The van der Waals surface area contributed by atoms with Gasteiger partial charge in [-0.15, -0.1) is 0 Å². The van der Waals surface area contributed by atoms with Gasteiger partial charge in [-0.3, -0.25) is 5.41 Å². The quantitative estimate of drug-likeness (QED) is 0.237. The van der Waals surface area contributed by atoms with Gasteiger partial charge in [0.15, 0.2) is 0 Å². The van der Waals surface area contributed by atoms with Crippen LogP contribution in [0.4, 0.5) is 0 Å². The van der Waals surface area contributed by atoms with Gasteiger partial charge in [-0.05, 0) is 24.7 Å². The van der Waals surface area contributed by atoms with E-state index in [0.29, 0.717) is 6.61 Å². The summed E-state index contributed by atoms with van der Waals surface area (Å²) in [6.45, 7) is 1.59. The third-order valence-electron chi connectivity index (χ3n) is 1.90. The van der Waals surface area contributed by atoms with Crippen LogP contribution in [-0.4, -0.2) is 38.2 Å². The number of aliphatic hydroxyl groups excluding tert-OH is 1. The molecule has 80 valence electrons. The lowest BCUT2D eigenvalue weighted by Crippen LogP contribution is -2.17. The van der Waals surface area contributed by atoms with Crippen LogP contribution in [-0.2, 0) is 4.74 Å². The van der Waals surface area contributed by atoms with Crippen LogP contribution < -0.4 is 5.32 Å². The molecule has 1 unspecified atom stereocenters. The fraction of sp³-hybridized carbons (Fsp3) is 0.700. The van der Waals surface area contributed by atoms with Crippen LogP contribution in [0.25, 0.3) is 0 Å². The maximum atomic E-state index is 9.00. The fourth-order valence-electron chi connectivity index (χ4n) is 1.04. The Morgan fingerprint density at radius 2 is 2.36 bits per heavy atom. The lowest BCUT2D eigenvalue weighted by Gasteiger charge is -2.12. The maximum absolute atomic E-state index is 9.00. The highest BCUT2D eigenvalue weighted by atomic mass is 16.5. The van der Waals surface area contributed by atoms with E-state index in [9.17, 15) is 0 Å². The molecule has 0 aromatic carbocycles. The van der Waals surface area contributed by atoms with Crippen LogP contribution in [0.1, 0.15) is 12.8 Å². The molecule has 0 aliphatic rings. The van der Waals surface area contributed by atoms with E-state index >= 15 is 0 Å². The molecule has 0 amide bonds. The first-order chi connectivity index (χ1) is 6.85. The molecule has 0 heterocycles. The standard InChI is InChI=1S/C10H18N2O2/c1-14-8-4-10(9-13)3-7-12-6-2-5-11/h5,10-13H,3-4,7-9H2,1H3. The first-order valence-corrected chi connectivity index (χ1v) is 4.67. The van der Waals surface area contributed by atoms with Crippen molar-refractivity contribution in [3.8, 4) is 12.0 Å². The summed E-state index contributed by atoms with van der Waals surface area (Å²) in [6.07, 6.45) is 2.78. The average molecular weight is 198 g/mol. The van der Waals surface area contributed by atoms with E-state index in [2.05, 4.69) is 17.3 Å². The van der Waals surface area contributed by atoms with Crippen molar-refractivity contribution >= 4 is 6.21 Å². The Morgan fingerprint density at radius 1 is 1.57 bits per heavy atom. The summed E-state index contributed by atoms with van der Waals surface area (Å²) in [6, 6.07) is 2.61. The van der Waals surface area contributed by atoms with Crippen molar-refractivity contribution in [2.75, 3.05) is 26.9 Å². The Balaban J connectivity index is 3.46. The number of hydrogen-bond donors (Lipinski definition) is 3. The van der Waals surface area contributed by atoms with Crippen molar-refractivity contribution in [1.29, 1.82) is 5.41 Å². The Labute approximate surface area is 85.2 Å². The summed E-state index contributed by atoms with van der Waals surface area (Å²) in [5.74, 6) is 2.74. The predicted octanol–water partition coefficient (Wildman–Crippen LogP) is 0.222. The van der Waals surface area contributed by atoms with Crippen LogP contribution in [0.15, 0.2) is 0 Å². The summed E-state index contributed by atoms with van der Waals surface area (Å²) in [5.41, 5.74) is 0. The topological polar surface area (TPSA) is 65.3 Å². The van der Waals surface area contributed by atoms with Gasteiger partial charge >= 0.3 is 0 Å². The molecule has 0 bridgehead atoms. The average Bonchev–Trinajstić information content (AvgIpc) is 2.22. The van der Waals surface area contributed by atoms with E-state index in [-0.39, 0.29) is 12.5 Å². The number of nitrogens with one attached hydrogen (secondary N) is 2. The van der Waals surface area contributed by atoms with Gasteiger partial charge in [-0.25, -0.2) is 0 Å². The van der Waals surface area contributed by atoms with E-state index in [4.69, 9.17) is 15.3 Å². The molecule has 0 spiro atoms. The minimum absolute atomic E-state index is 0.184. The maximum Gasteiger partial charge on any atom is 0.0695 e. The minimum Gasteiger partial charge on any atom is -0.396 e. The van der Waals surface area contributed by atoms with Crippen molar-refractivity contribution in [2.45, 2.75) is 12.8 Å². The molecule has 0 fully saturated rings. The molecule has 4 heteroatoms. The van der Waals surface area contributed by atoms with Crippen LogP contribution >= 0.6 is 0 Å². The first kappa shape index (κ1) is 12.9. The molecule has 0 saturated carbocycles.